The van der Waals surface area contributed by atoms with E-state index in [1.165, 1.54) is 0 Å². The van der Waals surface area contributed by atoms with Crippen LogP contribution in [0.4, 0.5) is 0 Å². The molecule has 0 radical (unpaired) electrons. The molecule has 0 amide bonds. The van der Waals surface area contributed by atoms with Gasteiger partial charge in [-0.15, -0.1) is 0 Å². The molecule has 0 saturated heterocycles. The van der Waals surface area contributed by atoms with Crippen LogP contribution in [0.2, 0.25) is 0 Å². The first-order valence-electron chi connectivity index (χ1n) is 4.35. The highest BCUT2D eigenvalue weighted by Gasteiger charge is 2.14. The van der Waals surface area contributed by atoms with Crippen LogP contribution in [-0.2, 0) is 4.79 Å². The lowest BCUT2D eigenvalue weighted by atomic mass is 10.0. The SMILES string of the molecule is Cc1ccc(Br)c(C(C)CC(=O)O)n1. The molecule has 0 aliphatic carbocycles. The minimum Gasteiger partial charge on any atom is -0.481 e. The number of aliphatic carboxylic acids is 1. The van der Waals surface area contributed by atoms with Crippen molar-refractivity contribution in [2.45, 2.75) is 26.2 Å². The standard InChI is InChI=1S/C10H12BrNO2/c1-6(5-9(13)14)10-8(11)4-3-7(2)12-10/h3-4,6H,5H2,1-2H3,(H,13,14). The van der Waals surface area contributed by atoms with Crippen molar-refractivity contribution in [2.75, 3.05) is 0 Å². The number of carbonyl (C=O) groups is 1. The first-order valence-corrected chi connectivity index (χ1v) is 5.15. The average Bonchev–Trinajstić information content (AvgIpc) is 2.08. The van der Waals surface area contributed by atoms with Gasteiger partial charge in [0.25, 0.3) is 0 Å². The summed E-state index contributed by atoms with van der Waals surface area (Å²) in [6, 6.07) is 3.79. The molecular weight excluding hydrogens is 246 g/mol. The summed E-state index contributed by atoms with van der Waals surface area (Å²) in [5, 5.41) is 8.66. The molecule has 0 saturated carbocycles. The van der Waals surface area contributed by atoms with Gasteiger partial charge >= 0.3 is 5.97 Å². The predicted octanol–water partition coefficient (Wildman–Crippen LogP) is 2.73. The maximum absolute atomic E-state index is 10.5. The number of hydrogen-bond acceptors (Lipinski definition) is 2. The maximum atomic E-state index is 10.5. The molecule has 0 aliphatic heterocycles. The molecule has 0 spiro atoms. The van der Waals surface area contributed by atoms with Crippen LogP contribution in [-0.4, -0.2) is 16.1 Å². The number of aryl methyl sites for hydroxylation is 1. The Morgan fingerprint density at radius 1 is 1.64 bits per heavy atom. The molecule has 0 aromatic carbocycles. The summed E-state index contributed by atoms with van der Waals surface area (Å²) in [6.45, 7) is 3.75. The number of halogens is 1. The second kappa shape index (κ2) is 4.55. The van der Waals surface area contributed by atoms with Crippen molar-refractivity contribution in [3.63, 3.8) is 0 Å². The number of carboxylic acids is 1. The zero-order chi connectivity index (χ0) is 10.7. The van der Waals surface area contributed by atoms with Crippen LogP contribution in [0.1, 0.15) is 30.7 Å². The topological polar surface area (TPSA) is 50.2 Å². The highest BCUT2D eigenvalue weighted by molar-refractivity contribution is 9.10. The number of aromatic nitrogens is 1. The molecule has 1 aromatic rings. The molecule has 0 aliphatic rings. The first kappa shape index (κ1) is 11.2. The van der Waals surface area contributed by atoms with Gasteiger partial charge in [-0.05, 0) is 35.0 Å². The number of pyridine rings is 1. The summed E-state index contributed by atoms with van der Waals surface area (Å²) in [6.07, 6.45) is 0.106. The number of rotatable bonds is 3. The average molecular weight is 258 g/mol. The van der Waals surface area contributed by atoms with E-state index in [1.807, 2.05) is 26.0 Å². The van der Waals surface area contributed by atoms with E-state index >= 15 is 0 Å². The Bertz CT molecular complexity index is 352. The number of carboxylic acid groups (broad SMARTS) is 1. The smallest absolute Gasteiger partial charge is 0.304 e. The van der Waals surface area contributed by atoms with Gasteiger partial charge in [0.1, 0.15) is 0 Å². The molecule has 14 heavy (non-hydrogen) atoms. The van der Waals surface area contributed by atoms with Crippen molar-refractivity contribution in [2.24, 2.45) is 0 Å². The maximum Gasteiger partial charge on any atom is 0.304 e. The van der Waals surface area contributed by atoms with Gasteiger partial charge in [0.2, 0.25) is 0 Å². The molecule has 1 heterocycles. The molecule has 4 heteroatoms. The van der Waals surface area contributed by atoms with Gasteiger partial charge in [-0.3, -0.25) is 9.78 Å². The summed E-state index contributed by atoms with van der Waals surface area (Å²) in [7, 11) is 0. The molecule has 0 bridgehead atoms. The molecule has 0 fully saturated rings. The van der Waals surface area contributed by atoms with Crippen molar-refractivity contribution in [1.82, 2.24) is 4.98 Å². The van der Waals surface area contributed by atoms with Crippen LogP contribution < -0.4 is 0 Å². The van der Waals surface area contributed by atoms with Gasteiger partial charge in [0.15, 0.2) is 0 Å². The van der Waals surface area contributed by atoms with E-state index < -0.39 is 5.97 Å². The Morgan fingerprint density at radius 2 is 2.29 bits per heavy atom. The summed E-state index contributed by atoms with van der Waals surface area (Å²) >= 11 is 3.37. The largest absolute Gasteiger partial charge is 0.481 e. The van der Waals surface area contributed by atoms with Crippen molar-refractivity contribution in [3.8, 4) is 0 Å². The third-order valence-electron chi connectivity index (χ3n) is 1.96. The zero-order valence-corrected chi connectivity index (χ0v) is 9.71. The van der Waals surface area contributed by atoms with Crippen molar-refractivity contribution in [1.29, 1.82) is 0 Å². The van der Waals surface area contributed by atoms with E-state index in [4.69, 9.17) is 5.11 Å². The van der Waals surface area contributed by atoms with E-state index in [1.54, 1.807) is 0 Å². The van der Waals surface area contributed by atoms with Gasteiger partial charge in [-0.25, -0.2) is 0 Å². The van der Waals surface area contributed by atoms with E-state index in [-0.39, 0.29) is 12.3 Å². The van der Waals surface area contributed by atoms with Gasteiger partial charge < -0.3 is 5.11 Å². The summed E-state index contributed by atoms with van der Waals surface area (Å²) in [4.78, 5) is 14.9. The molecule has 76 valence electrons. The van der Waals surface area contributed by atoms with Gasteiger partial charge in [-0.2, -0.15) is 0 Å². The van der Waals surface area contributed by atoms with E-state index in [2.05, 4.69) is 20.9 Å². The summed E-state index contributed by atoms with van der Waals surface area (Å²) < 4.78 is 0.872. The molecule has 1 unspecified atom stereocenters. The number of hydrogen-bond donors (Lipinski definition) is 1. The minimum atomic E-state index is -0.798. The normalized spacial score (nSPS) is 12.5. The first-order chi connectivity index (χ1) is 6.50. The Balaban J connectivity index is 2.93. The van der Waals surface area contributed by atoms with Crippen LogP contribution in [0, 0.1) is 6.92 Å². The lowest BCUT2D eigenvalue weighted by Gasteiger charge is -2.10. The molecule has 1 aromatic heterocycles. The van der Waals surface area contributed by atoms with Gasteiger partial charge in [-0.1, -0.05) is 6.92 Å². The fraction of sp³-hybridized carbons (Fsp3) is 0.400. The van der Waals surface area contributed by atoms with E-state index in [0.717, 1.165) is 15.9 Å². The molecule has 1 N–H and O–H groups in total. The lowest BCUT2D eigenvalue weighted by molar-refractivity contribution is -0.137. The van der Waals surface area contributed by atoms with Gasteiger partial charge in [0.05, 0.1) is 12.1 Å². The minimum absolute atomic E-state index is 0.0678. The quantitative estimate of drug-likeness (QED) is 0.906. The van der Waals surface area contributed by atoms with Crippen LogP contribution in [0.15, 0.2) is 16.6 Å². The molecule has 1 rings (SSSR count). The molecule has 3 nitrogen and oxygen atoms in total. The van der Waals surface area contributed by atoms with Crippen molar-refractivity contribution >= 4 is 21.9 Å². The molecular formula is C10H12BrNO2. The monoisotopic (exact) mass is 257 g/mol. The lowest BCUT2D eigenvalue weighted by Crippen LogP contribution is -2.06. The highest BCUT2D eigenvalue weighted by atomic mass is 79.9. The Labute approximate surface area is 91.3 Å². The Hall–Kier alpha value is -0.900. The van der Waals surface area contributed by atoms with Gasteiger partial charge in [0, 0.05) is 16.1 Å². The third kappa shape index (κ3) is 2.80. The third-order valence-corrected chi connectivity index (χ3v) is 2.63. The van der Waals surface area contributed by atoms with Crippen LogP contribution in [0.3, 0.4) is 0 Å². The predicted molar refractivity (Wildman–Crippen MR) is 57.3 cm³/mol. The van der Waals surface area contributed by atoms with Crippen molar-refractivity contribution < 1.29 is 9.90 Å². The van der Waals surface area contributed by atoms with E-state index in [0.29, 0.717) is 0 Å². The van der Waals surface area contributed by atoms with Crippen LogP contribution in [0.5, 0.6) is 0 Å². The second-order valence-corrected chi connectivity index (χ2v) is 4.17. The summed E-state index contributed by atoms with van der Waals surface area (Å²) in [5.74, 6) is -0.866. The number of nitrogens with zero attached hydrogens (tertiary/aromatic N) is 1. The zero-order valence-electron chi connectivity index (χ0n) is 8.12. The van der Waals surface area contributed by atoms with Crippen molar-refractivity contribution in [3.05, 3.63) is 28.0 Å². The Morgan fingerprint density at radius 3 is 2.86 bits per heavy atom. The van der Waals surface area contributed by atoms with Crippen LogP contribution in [0.25, 0.3) is 0 Å². The summed E-state index contributed by atoms with van der Waals surface area (Å²) in [5.41, 5.74) is 1.72. The fourth-order valence-corrected chi connectivity index (χ4v) is 1.88. The second-order valence-electron chi connectivity index (χ2n) is 3.32. The highest BCUT2D eigenvalue weighted by Crippen LogP contribution is 2.25. The fourth-order valence-electron chi connectivity index (χ4n) is 1.26. The van der Waals surface area contributed by atoms with Crippen LogP contribution >= 0.6 is 15.9 Å². The molecule has 1 atom stereocenters. The Kier molecular flexibility index (Phi) is 3.63. The van der Waals surface area contributed by atoms with E-state index in [9.17, 15) is 4.79 Å².